The third-order valence-corrected chi connectivity index (χ3v) is 4.39. The summed E-state index contributed by atoms with van der Waals surface area (Å²) < 4.78 is 19.7. The molecule has 0 aliphatic rings. The van der Waals surface area contributed by atoms with Gasteiger partial charge in [-0.05, 0) is 24.6 Å². The number of hydrogen-bond donors (Lipinski definition) is 0. The molecule has 3 heteroatoms. The summed E-state index contributed by atoms with van der Waals surface area (Å²) >= 11 is 3.24. The van der Waals surface area contributed by atoms with Gasteiger partial charge < -0.3 is 4.74 Å². The molecule has 0 bridgehead atoms. The Kier molecular flexibility index (Phi) is 11.4. The molecule has 0 spiro atoms. The minimum absolute atomic E-state index is 0.294. The zero-order valence-corrected chi connectivity index (χ0v) is 15.5. The highest BCUT2D eigenvalue weighted by atomic mass is 79.9. The number of hydrogen-bond acceptors (Lipinski definition) is 1. The molecule has 0 saturated carbocycles. The summed E-state index contributed by atoms with van der Waals surface area (Å²) in [5, 5.41) is 0. The summed E-state index contributed by atoms with van der Waals surface area (Å²) in [6.07, 6.45) is 14.4. The average molecular weight is 373 g/mol. The van der Waals surface area contributed by atoms with Crippen LogP contribution in [0.5, 0.6) is 5.75 Å². The fourth-order valence-electron chi connectivity index (χ4n) is 2.54. The van der Waals surface area contributed by atoms with Crippen LogP contribution in [-0.4, -0.2) is 6.61 Å². The lowest BCUT2D eigenvalue weighted by Gasteiger charge is -2.07. The predicted octanol–water partition coefficient (Wildman–Crippen LogP) is 7.28. The highest BCUT2D eigenvalue weighted by Crippen LogP contribution is 2.21. The molecule has 0 atom stereocenters. The van der Waals surface area contributed by atoms with E-state index in [2.05, 4.69) is 22.9 Å². The fraction of sp³-hybridized carbons (Fsp3) is 0.684. The zero-order valence-electron chi connectivity index (χ0n) is 13.9. The maximum Gasteiger partial charge on any atom is 0.166 e. The first kappa shape index (κ1) is 19.5. The van der Waals surface area contributed by atoms with E-state index in [0.717, 1.165) is 10.9 Å². The minimum Gasteiger partial charge on any atom is -0.491 e. The van der Waals surface area contributed by atoms with Crippen molar-refractivity contribution in [2.45, 2.75) is 77.6 Å². The quantitative estimate of drug-likeness (QED) is 0.330. The van der Waals surface area contributed by atoms with Gasteiger partial charge in [0.1, 0.15) is 0 Å². The second-order valence-electron chi connectivity index (χ2n) is 5.96. The maximum atomic E-state index is 13.5. The van der Waals surface area contributed by atoms with Crippen LogP contribution in [0.2, 0.25) is 0 Å². The largest absolute Gasteiger partial charge is 0.491 e. The van der Waals surface area contributed by atoms with Crippen molar-refractivity contribution in [1.82, 2.24) is 0 Å². The second kappa shape index (κ2) is 12.9. The molecule has 0 heterocycles. The summed E-state index contributed by atoms with van der Waals surface area (Å²) in [6.45, 7) is 2.87. The van der Waals surface area contributed by atoms with Crippen molar-refractivity contribution in [1.29, 1.82) is 0 Å². The van der Waals surface area contributed by atoms with Crippen molar-refractivity contribution in [2.24, 2.45) is 0 Å². The van der Waals surface area contributed by atoms with Crippen LogP contribution in [0.25, 0.3) is 0 Å². The zero-order chi connectivity index (χ0) is 16.0. The van der Waals surface area contributed by atoms with Gasteiger partial charge in [-0.25, -0.2) is 4.39 Å². The molecular formula is C19H30BrFO. The van der Waals surface area contributed by atoms with Gasteiger partial charge in [0.2, 0.25) is 0 Å². The van der Waals surface area contributed by atoms with Crippen LogP contribution in [0.15, 0.2) is 22.7 Å². The second-order valence-corrected chi connectivity index (χ2v) is 6.87. The molecule has 0 radical (unpaired) electrons. The van der Waals surface area contributed by atoms with Gasteiger partial charge in [-0.15, -0.1) is 0 Å². The van der Waals surface area contributed by atoms with E-state index >= 15 is 0 Å². The Morgan fingerprint density at radius 2 is 1.41 bits per heavy atom. The highest BCUT2D eigenvalue weighted by Gasteiger charge is 2.03. The third-order valence-electron chi connectivity index (χ3n) is 3.90. The van der Waals surface area contributed by atoms with Crippen molar-refractivity contribution in [3.8, 4) is 5.75 Å². The molecule has 1 nitrogen and oxygen atoms in total. The highest BCUT2D eigenvalue weighted by molar-refractivity contribution is 9.10. The Morgan fingerprint density at radius 3 is 1.95 bits per heavy atom. The smallest absolute Gasteiger partial charge is 0.166 e. The lowest BCUT2D eigenvalue weighted by atomic mass is 10.1. The lowest BCUT2D eigenvalue weighted by molar-refractivity contribution is 0.290. The summed E-state index contributed by atoms with van der Waals surface area (Å²) in [4.78, 5) is 0. The van der Waals surface area contributed by atoms with Crippen LogP contribution < -0.4 is 4.74 Å². The number of unbranched alkanes of at least 4 members (excludes halogenated alkanes) is 10. The number of ether oxygens (including phenoxy) is 1. The van der Waals surface area contributed by atoms with Gasteiger partial charge in [0.15, 0.2) is 11.6 Å². The van der Waals surface area contributed by atoms with Crippen molar-refractivity contribution >= 4 is 15.9 Å². The Labute approximate surface area is 143 Å². The van der Waals surface area contributed by atoms with E-state index in [4.69, 9.17) is 4.74 Å². The summed E-state index contributed by atoms with van der Waals surface area (Å²) in [5.74, 6) is 0.0627. The number of rotatable bonds is 13. The molecule has 126 valence electrons. The van der Waals surface area contributed by atoms with Crippen LogP contribution in [0.4, 0.5) is 4.39 Å². The molecule has 0 unspecified atom stereocenters. The van der Waals surface area contributed by atoms with Gasteiger partial charge >= 0.3 is 0 Å². The van der Waals surface area contributed by atoms with Gasteiger partial charge in [0.25, 0.3) is 0 Å². The fourth-order valence-corrected chi connectivity index (χ4v) is 2.87. The molecule has 0 N–H and O–H groups in total. The minimum atomic E-state index is -0.294. The standard InChI is InChI=1S/C19H30BrFO/c1-2-3-4-5-6-7-8-9-10-11-12-15-22-19-14-13-17(20)16-18(19)21/h13-14,16H,2-12,15H2,1H3. The SMILES string of the molecule is CCCCCCCCCCCCCOc1ccc(Br)cc1F. The summed E-state index contributed by atoms with van der Waals surface area (Å²) in [5.41, 5.74) is 0. The lowest BCUT2D eigenvalue weighted by Crippen LogP contribution is -1.99. The topological polar surface area (TPSA) is 9.23 Å². The Morgan fingerprint density at radius 1 is 0.864 bits per heavy atom. The number of benzene rings is 1. The van der Waals surface area contributed by atoms with Gasteiger partial charge in [-0.3, -0.25) is 0 Å². The molecule has 0 aliphatic heterocycles. The first-order chi connectivity index (χ1) is 10.7. The molecule has 0 aromatic heterocycles. The average Bonchev–Trinajstić information content (AvgIpc) is 2.50. The van der Waals surface area contributed by atoms with Crippen molar-refractivity contribution in [3.63, 3.8) is 0 Å². The first-order valence-corrected chi connectivity index (χ1v) is 9.61. The van der Waals surface area contributed by atoms with E-state index in [1.54, 1.807) is 12.1 Å². The van der Waals surface area contributed by atoms with Gasteiger partial charge in [-0.2, -0.15) is 0 Å². The molecule has 1 rings (SSSR count). The van der Waals surface area contributed by atoms with Crippen molar-refractivity contribution in [3.05, 3.63) is 28.5 Å². The maximum absolute atomic E-state index is 13.5. The van der Waals surface area contributed by atoms with E-state index < -0.39 is 0 Å². The Hall–Kier alpha value is -0.570. The van der Waals surface area contributed by atoms with Crippen molar-refractivity contribution in [2.75, 3.05) is 6.61 Å². The van der Waals surface area contributed by atoms with Gasteiger partial charge in [0, 0.05) is 4.47 Å². The number of halogens is 2. The molecule has 0 amide bonds. The van der Waals surface area contributed by atoms with Gasteiger partial charge in [-0.1, -0.05) is 87.1 Å². The third kappa shape index (κ3) is 9.45. The summed E-state index contributed by atoms with van der Waals surface area (Å²) in [6, 6.07) is 4.92. The Bertz CT molecular complexity index is 395. The van der Waals surface area contributed by atoms with Crippen LogP contribution in [0.3, 0.4) is 0 Å². The van der Waals surface area contributed by atoms with Crippen LogP contribution >= 0.6 is 15.9 Å². The summed E-state index contributed by atoms with van der Waals surface area (Å²) in [7, 11) is 0. The van der Waals surface area contributed by atoms with Crippen LogP contribution in [0.1, 0.15) is 77.6 Å². The molecule has 0 saturated heterocycles. The molecule has 22 heavy (non-hydrogen) atoms. The molecule has 0 aliphatic carbocycles. The van der Waals surface area contributed by atoms with E-state index in [0.29, 0.717) is 12.4 Å². The first-order valence-electron chi connectivity index (χ1n) is 8.82. The molecule has 1 aromatic rings. The normalized spacial score (nSPS) is 10.9. The van der Waals surface area contributed by atoms with E-state index in [-0.39, 0.29) is 5.82 Å². The van der Waals surface area contributed by atoms with Gasteiger partial charge in [0.05, 0.1) is 6.61 Å². The van der Waals surface area contributed by atoms with E-state index in [1.807, 2.05) is 0 Å². The van der Waals surface area contributed by atoms with E-state index in [1.165, 1.54) is 70.3 Å². The van der Waals surface area contributed by atoms with Crippen LogP contribution in [-0.2, 0) is 0 Å². The van der Waals surface area contributed by atoms with E-state index in [9.17, 15) is 4.39 Å². The van der Waals surface area contributed by atoms with Crippen molar-refractivity contribution < 1.29 is 9.13 Å². The predicted molar refractivity (Wildman–Crippen MR) is 96.1 cm³/mol. The molecule has 0 fully saturated rings. The molecular weight excluding hydrogens is 343 g/mol. The Balaban J connectivity index is 1.89. The molecule has 1 aromatic carbocycles. The monoisotopic (exact) mass is 372 g/mol. The van der Waals surface area contributed by atoms with Crippen LogP contribution in [0, 0.1) is 5.82 Å².